The number of hydrogen-bond donors (Lipinski definition) is 2. The number of carbonyl (C=O) groups is 1. The lowest BCUT2D eigenvalue weighted by atomic mass is 10.1. The number of anilines is 1. The Morgan fingerprint density at radius 2 is 1.92 bits per heavy atom. The maximum Gasteiger partial charge on any atom is 0.278 e. The molecule has 1 aromatic carbocycles. The van der Waals surface area contributed by atoms with E-state index in [9.17, 15) is 13.2 Å². The first-order valence-electron chi connectivity index (χ1n) is 8.60. The summed E-state index contributed by atoms with van der Waals surface area (Å²) >= 11 is 0. The first-order valence-corrected chi connectivity index (χ1v) is 10.4. The van der Waals surface area contributed by atoms with Crippen LogP contribution in [0.1, 0.15) is 13.3 Å². The molecule has 0 unspecified atom stereocenters. The Hall–Kier alpha value is -1.60. The molecule has 2 atom stereocenters. The number of para-hydroxylation sites is 1. The first kappa shape index (κ1) is 17.2. The summed E-state index contributed by atoms with van der Waals surface area (Å²) in [6, 6.07) is 9.96. The monoisotopic (exact) mass is 352 g/mol. The Bertz CT molecular complexity index is 670. The highest BCUT2D eigenvalue weighted by Gasteiger charge is 2.33. The lowest BCUT2D eigenvalue weighted by molar-refractivity contribution is -0.914. The number of piperazine rings is 1. The molecule has 2 saturated heterocycles. The molecular formula is C17H26N3O3S+. The molecule has 2 N–H and O–H groups in total. The molecular weight excluding hydrogens is 326 g/mol. The third-order valence-electron chi connectivity index (χ3n) is 5.11. The maximum absolute atomic E-state index is 12.4. The molecule has 2 aliphatic heterocycles. The SMILES string of the molecule is C[C@@H](C(=O)N[C@H]1CCS(=O)(=O)C1)[NH+]1CCN(c2ccccc2)CC1. The van der Waals surface area contributed by atoms with Crippen LogP contribution < -0.4 is 15.1 Å². The number of rotatable bonds is 4. The number of hydrogen-bond acceptors (Lipinski definition) is 4. The number of nitrogens with one attached hydrogen (secondary N) is 2. The van der Waals surface area contributed by atoms with Gasteiger partial charge in [-0.25, -0.2) is 8.42 Å². The van der Waals surface area contributed by atoms with Gasteiger partial charge in [-0.2, -0.15) is 0 Å². The lowest BCUT2D eigenvalue weighted by Crippen LogP contribution is -3.19. The minimum absolute atomic E-state index is 0.0275. The summed E-state index contributed by atoms with van der Waals surface area (Å²) in [7, 11) is -2.96. The van der Waals surface area contributed by atoms with Crippen molar-refractivity contribution in [2.45, 2.75) is 25.4 Å². The van der Waals surface area contributed by atoms with Crippen LogP contribution in [0.4, 0.5) is 5.69 Å². The normalized spacial score (nSPS) is 25.4. The largest absolute Gasteiger partial charge is 0.360 e. The van der Waals surface area contributed by atoms with Crippen LogP contribution in [-0.2, 0) is 14.6 Å². The molecule has 0 aliphatic carbocycles. The number of nitrogens with zero attached hydrogens (tertiary/aromatic N) is 1. The molecule has 0 radical (unpaired) electrons. The minimum Gasteiger partial charge on any atom is -0.360 e. The quantitative estimate of drug-likeness (QED) is 0.736. The van der Waals surface area contributed by atoms with Gasteiger partial charge in [0.1, 0.15) is 0 Å². The van der Waals surface area contributed by atoms with E-state index >= 15 is 0 Å². The third-order valence-corrected chi connectivity index (χ3v) is 6.88. The summed E-state index contributed by atoms with van der Waals surface area (Å²) in [5.41, 5.74) is 1.23. The second-order valence-electron chi connectivity index (χ2n) is 6.81. The van der Waals surface area contributed by atoms with Crippen LogP contribution in [0.15, 0.2) is 30.3 Å². The van der Waals surface area contributed by atoms with Crippen molar-refractivity contribution in [2.24, 2.45) is 0 Å². The van der Waals surface area contributed by atoms with Crippen molar-refractivity contribution in [1.29, 1.82) is 0 Å². The molecule has 0 saturated carbocycles. The zero-order chi connectivity index (χ0) is 17.2. The zero-order valence-electron chi connectivity index (χ0n) is 14.1. The van der Waals surface area contributed by atoms with E-state index in [4.69, 9.17) is 0 Å². The fourth-order valence-corrected chi connectivity index (χ4v) is 5.22. The standard InChI is InChI=1S/C17H25N3O3S/c1-14(17(21)18-15-7-12-24(22,23)13-15)19-8-10-20(11-9-19)16-5-3-2-4-6-16/h2-6,14-15H,7-13H2,1H3,(H,18,21)/p+1/t14-,15-/m0/s1. The highest BCUT2D eigenvalue weighted by Crippen LogP contribution is 2.13. The molecule has 0 spiro atoms. The van der Waals surface area contributed by atoms with E-state index in [2.05, 4.69) is 22.3 Å². The fourth-order valence-electron chi connectivity index (χ4n) is 3.54. The van der Waals surface area contributed by atoms with Crippen molar-refractivity contribution in [3.8, 4) is 0 Å². The Morgan fingerprint density at radius 1 is 1.25 bits per heavy atom. The number of sulfone groups is 1. The average molecular weight is 352 g/mol. The fraction of sp³-hybridized carbons (Fsp3) is 0.588. The van der Waals surface area contributed by atoms with Crippen LogP contribution in [0, 0.1) is 0 Å². The highest BCUT2D eigenvalue weighted by molar-refractivity contribution is 7.91. The van der Waals surface area contributed by atoms with Gasteiger partial charge in [0, 0.05) is 11.7 Å². The Morgan fingerprint density at radius 3 is 2.50 bits per heavy atom. The molecule has 2 aliphatic rings. The van der Waals surface area contributed by atoms with Crippen LogP contribution >= 0.6 is 0 Å². The minimum atomic E-state index is -2.96. The number of carbonyl (C=O) groups excluding carboxylic acids is 1. The van der Waals surface area contributed by atoms with Gasteiger partial charge in [-0.1, -0.05) is 18.2 Å². The molecule has 3 rings (SSSR count). The summed E-state index contributed by atoms with van der Waals surface area (Å²) < 4.78 is 23.0. The van der Waals surface area contributed by atoms with Gasteiger partial charge in [0.25, 0.3) is 5.91 Å². The van der Waals surface area contributed by atoms with Crippen LogP contribution in [0.3, 0.4) is 0 Å². The summed E-state index contributed by atoms with van der Waals surface area (Å²) in [5.74, 6) is 0.248. The third kappa shape index (κ3) is 4.08. The molecule has 132 valence electrons. The second-order valence-corrected chi connectivity index (χ2v) is 9.04. The van der Waals surface area contributed by atoms with E-state index in [1.54, 1.807) is 0 Å². The maximum atomic E-state index is 12.4. The Labute approximate surface area is 143 Å². The molecule has 0 bridgehead atoms. The van der Waals surface area contributed by atoms with Crippen molar-refractivity contribution in [1.82, 2.24) is 5.32 Å². The van der Waals surface area contributed by atoms with Gasteiger partial charge in [-0.15, -0.1) is 0 Å². The summed E-state index contributed by atoms with van der Waals surface area (Å²) in [4.78, 5) is 16.0. The van der Waals surface area contributed by atoms with E-state index in [1.165, 1.54) is 10.6 Å². The molecule has 2 heterocycles. The predicted molar refractivity (Wildman–Crippen MR) is 94.0 cm³/mol. The van der Waals surface area contributed by atoms with E-state index in [-0.39, 0.29) is 29.5 Å². The van der Waals surface area contributed by atoms with Crippen molar-refractivity contribution in [3.05, 3.63) is 30.3 Å². The summed E-state index contributed by atoms with van der Waals surface area (Å²) in [5, 5.41) is 2.92. The molecule has 2 fully saturated rings. The molecule has 1 amide bonds. The number of quaternary nitrogens is 1. The second kappa shape index (κ2) is 7.11. The zero-order valence-corrected chi connectivity index (χ0v) is 14.9. The van der Waals surface area contributed by atoms with Gasteiger partial charge in [-0.3, -0.25) is 4.79 Å². The first-order chi connectivity index (χ1) is 11.4. The highest BCUT2D eigenvalue weighted by atomic mass is 32.2. The van der Waals surface area contributed by atoms with Gasteiger partial charge >= 0.3 is 0 Å². The van der Waals surface area contributed by atoms with Crippen LogP contribution in [-0.4, -0.2) is 64.1 Å². The van der Waals surface area contributed by atoms with Crippen LogP contribution in [0.5, 0.6) is 0 Å². The lowest BCUT2D eigenvalue weighted by Gasteiger charge is -2.36. The predicted octanol–water partition coefficient (Wildman–Crippen LogP) is -0.917. The van der Waals surface area contributed by atoms with E-state index < -0.39 is 9.84 Å². The summed E-state index contributed by atoms with van der Waals surface area (Å²) in [6.45, 7) is 5.61. The van der Waals surface area contributed by atoms with Gasteiger partial charge in [-0.05, 0) is 25.5 Å². The average Bonchev–Trinajstić information content (AvgIpc) is 2.93. The van der Waals surface area contributed by atoms with Gasteiger partial charge in [0.05, 0.1) is 37.7 Å². The Kier molecular flexibility index (Phi) is 5.10. The van der Waals surface area contributed by atoms with Crippen molar-refractivity contribution in [3.63, 3.8) is 0 Å². The topological polar surface area (TPSA) is 70.9 Å². The molecule has 6 nitrogen and oxygen atoms in total. The van der Waals surface area contributed by atoms with E-state index in [1.807, 2.05) is 25.1 Å². The van der Waals surface area contributed by atoms with Crippen molar-refractivity contribution in [2.75, 3.05) is 42.6 Å². The van der Waals surface area contributed by atoms with E-state index in [0.29, 0.717) is 6.42 Å². The molecule has 7 heteroatoms. The number of benzene rings is 1. The van der Waals surface area contributed by atoms with Crippen molar-refractivity contribution < 1.29 is 18.1 Å². The molecule has 1 aromatic rings. The van der Waals surface area contributed by atoms with E-state index in [0.717, 1.165) is 26.2 Å². The van der Waals surface area contributed by atoms with Gasteiger partial charge in [0.15, 0.2) is 15.9 Å². The number of amides is 1. The van der Waals surface area contributed by atoms with Crippen LogP contribution in [0.25, 0.3) is 0 Å². The smallest absolute Gasteiger partial charge is 0.278 e. The summed E-state index contributed by atoms with van der Waals surface area (Å²) in [6.07, 6.45) is 0.540. The van der Waals surface area contributed by atoms with Gasteiger partial charge < -0.3 is 15.1 Å². The molecule has 24 heavy (non-hydrogen) atoms. The van der Waals surface area contributed by atoms with Gasteiger partial charge in [0.2, 0.25) is 0 Å². The molecule has 0 aromatic heterocycles. The van der Waals surface area contributed by atoms with Crippen molar-refractivity contribution >= 4 is 21.4 Å². The Balaban J connectivity index is 1.50. The van der Waals surface area contributed by atoms with Crippen LogP contribution in [0.2, 0.25) is 0 Å².